The van der Waals surface area contributed by atoms with Gasteiger partial charge in [0, 0.05) is 22.2 Å². The lowest BCUT2D eigenvalue weighted by Gasteiger charge is -2.18. The molecule has 0 aromatic heterocycles. The molecule has 2 aromatic carbocycles. The van der Waals surface area contributed by atoms with Gasteiger partial charge in [0.1, 0.15) is 5.75 Å². The third-order valence-corrected chi connectivity index (χ3v) is 4.01. The van der Waals surface area contributed by atoms with E-state index in [-0.39, 0.29) is 11.7 Å². The van der Waals surface area contributed by atoms with Crippen molar-refractivity contribution in [1.29, 1.82) is 0 Å². The Kier molecular flexibility index (Phi) is 4.88. The van der Waals surface area contributed by atoms with Gasteiger partial charge in [0.05, 0.1) is 5.56 Å². The van der Waals surface area contributed by atoms with E-state index in [0.717, 1.165) is 9.13 Å². The fourth-order valence-corrected chi connectivity index (χ4v) is 2.61. The van der Waals surface area contributed by atoms with Crippen LogP contribution in [0, 0.1) is 3.57 Å². The van der Waals surface area contributed by atoms with Crippen molar-refractivity contribution in [2.75, 3.05) is 7.05 Å². The molecule has 5 heteroatoms. The number of rotatable bonds is 3. The average Bonchev–Trinajstić information content (AvgIpc) is 2.40. The number of hydrogen-bond donors (Lipinski definition) is 1. The van der Waals surface area contributed by atoms with E-state index in [1.165, 1.54) is 0 Å². The quantitative estimate of drug-likeness (QED) is 0.792. The maximum absolute atomic E-state index is 12.4. The number of phenolic OH excluding ortho intramolecular Hbond substituents is 1. The molecule has 0 saturated heterocycles. The predicted octanol–water partition coefficient (Wildman–Crippen LogP) is 3.92. The van der Waals surface area contributed by atoms with Crippen LogP contribution in [0.25, 0.3) is 0 Å². The number of hydrogen-bond acceptors (Lipinski definition) is 2. The van der Waals surface area contributed by atoms with E-state index in [0.29, 0.717) is 17.1 Å². The molecule has 0 aliphatic carbocycles. The van der Waals surface area contributed by atoms with Crippen molar-refractivity contribution in [3.05, 3.63) is 62.2 Å². The molecule has 2 aromatic rings. The first kappa shape index (κ1) is 15.1. The second-order valence-corrected chi connectivity index (χ2v) is 6.05. The molecule has 0 unspecified atom stereocenters. The monoisotopic (exact) mass is 401 g/mol. The molecule has 0 heterocycles. The van der Waals surface area contributed by atoms with E-state index in [9.17, 15) is 9.90 Å². The topological polar surface area (TPSA) is 40.5 Å². The summed E-state index contributed by atoms with van der Waals surface area (Å²) in [6.07, 6.45) is 0. The van der Waals surface area contributed by atoms with Crippen LogP contribution in [-0.2, 0) is 6.54 Å². The van der Waals surface area contributed by atoms with Crippen molar-refractivity contribution in [3.8, 4) is 5.75 Å². The summed E-state index contributed by atoms with van der Waals surface area (Å²) in [4.78, 5) is 14.0. The highest BCUT2D eigenvalue weighted by atomic mass is 127. The molecular weight excluding hydrogens is 389 g/mol. The Morgan fingerprint density at radius 2 is 2.05 bits per heavy atom. The lowest BCUT2D eigenvalue weighted by molar-refractivity contribution is 0.0784. The lowest BCUT2D eigenvalue weighted by Crippen LogP contribution is -2.26. The van der Waals surface area contributed by atoms with E-state index in [1.807, 2.05) is 12.1 Å². The number of nitrogens with zero attached hydrogens (tertiary/aromatic N) is 1. The van der Waals surface area contributed by atoms with Crippen LogP contribution in [0.15, 0.2) is 42.5 Å². The van der Waals surface area contributed by atoms with Crippen LogP contribution in [0.3, 0.4) is 0 Å². The Labute approximate surface area is 136 Å². The minimum absolute atomic E-state index is 0.0970. The molecule has 20 heavy (non-hydrogen) atoms. The van der Waals surface area contributed by atoms with Crippen LogP contribution in [0.4, 0.5) is 0 Å². The summed E-state index contributed by atoms with van der Waals surface area (Å²) in [6, 6.07) is 12.1. The van der Waals surface area contributed by atoms with Crippen LogP contribution in [0.5, 0.6) is 5.75 Å². The van der Waals surface area contributed by atoms with E-state index in [2.05, 4.69) is 22.6 Å². The van der Waals surface area contributed by atoms with E-state index in [1.54, 1.807) is 42.3 Å². The molecule has 0 spiro atoms. The van der Waals surface area contributed by atoms with Gasteiger partial charge in [-0.15, -0.1) is 0 Å². The Bertz CT molecular complexity index is 646. The van der Waals surface area contributed by atoms with Gasteiger partial charge in [0.25, 0.3) is 5.91 Å². The van der Waals surface area contributed by atoms with Crippen molar-refractivity contribution < 1.29 is 9.90 Å². The standard InChI is InChI=1S/C15H13ClINO2/c1-18(9-10-3-2-4-12(19)7-10)15(20)13-8-11(16)5-6-14(13)17/h2-8,19H,9H2,1H3. The molecule has 0 aliphatic heterocycles. The van der Waals surface area contributed by atoms with Gasteiger partial charge in [0.2, 0.25) is 0 Å². The Hall–Kier alpha value is -1.27. The molecule has 0 bridgehead atoms. The molecule has 0 fully saturated rings. The van der Waals surface area contributed by atoms with Crippen molar-refractivity contribution in [2.24, 2.45) is 0 Å². The van der Waals surface area contributed by atoms with Crippen LogP contribution in [0.1, 0.15) is 15.9 Å². The van der Waals surface area contributed by atoms with Gasteiger partial charge in [-0.1, -0.05) is 23.7 Å². The van der Waals surface area contributed by atoms with Gasteiger partial charge in [-0.2, -0.15) is 0 Å². The van der Waals surface area contributed by atoms with Crippen molar-refractivity contribution in [1.82, 2.24) is 4.90 Å². The predicted molar refractivity (Wildman–Crippen MR) is 88.1 cm³/mol. The Balaban J connectivity index is 2.18. The fourth-order valence-electron chi connectivity index (χ4n) is 1.87. The van der Waals surface area contributed by atoms with Crippen molar-refractivity contribution in [2.45, 2.75) is 6.54 Å². The molecule has 0 atom stereocenters. The summed E-state index contributed by atoms with van der Waals surface area (Å²) in [5.41, 5.74) is 1.46. The molecule has 2 rings (SSSR count). The molecule has 1 amide bonds. The number of aromatic hydroxyl groups is 1. The molecule has 1 N–H and O–H groups in total. The largest absolute Gasteiger partial charge is 0.508 e. The first-order chi connectivity index (χ1) is 9.47. The van der Waals surface area contributed by atoms with Gasteiger partial charge < -0.3 is 10.0 Å². The number of halogens is 2. The average molecular weight is 402 g/mol. The van der Waals surface area contributed by atoms with E-state index < -0.39 is 0 Å². The number of amides is 1. The number of carbonyl (C=O) groups is 1. The molecule has 0 saturated carbocycles. The number of phenols is 1. The van der Waals surface area contributed by atoms with E-state index >= 15 is 0 Å². The van der Waals surface area contributed by atoms with E-state index in [4.69, 9.17) is 11.6 Å². The highest BCUT2D eigenvalue weighted by molar-refractivity contribution is 14.1. The summed E-state index contributed by atoms with van der Waals surface area (Å²) in [6.45, 7) is 0.426. The van der Waals surface area contributed by atoms with Gasteiger partial charge in [-0.05, 0) is 58.5 Å². The Morgan fingerprint density at radius 1 is 1.30 bits per heavy atom. The minimum Gasteiger partial charge on any atom is -0.508 e. The van der Waals surface area contributed by atoms with Crippen molar-refractivity contribution in [3.63, 3.8) is 0 Å². The molecule has 3 nitrogen and oxygen atoms in total. The first-order valence-corrected chi connectivity index (χ1v) is 7.41. The lowest BCUT2D eigenvalue weighted by atomic mass is 10.1. The normalized spacial score (nSPS) is 10.3. The van der Waals surface area contributed by atoms with Crippen LogP contribution >= 0.6 is 34.2 Å². The van der Waals surface area contributed by atoms with Crippen LogP contribution in [0.2, 0.25) is 5.02 Å². The Morgan fingerprint density at radius 3 is 2.75 bits per heavy atom. The molecule has 104 valence electrons. The summed E-state index contributed by atoms with van der Waals surface area (Å²) in [7, 11) is 1.73. The zero-order valence-corrected chi connectivity index (χ0v) is 13.7. The third kappa shape index (κ3) is 3.64. The minimum atomic E-state index is -0.0970. The first-order valence-electron chi connectivity index (χ1n) is 5.96. The van der Waals surface area contributed by atoms with Crippen LogP contribution < -0.4 is 0 Å². The number of carbonyl (C=O) groups excluding carboxylic acids is 1. The SMILES string of the molecule is CN(Cc1cccc(O)c1)C(=O)c1cc(Cl)ccc1I. The fraction of sp³-hybridized carbons (Fsp3) is 0.133. The van der Waals surface area contributed by atoms with Gasteiger partial charge >= 0.3 is 0 Å². The van der Waals surface area contributed by atoms with Crippen LogP contribution in [-0.4, -0.2) is 23.0 Å². The second-order valence-electron chi connectivity index (χ2n) is 4.46. The summed E-state index contributed by atoms with van der Waals surface area (Å²) in [5.74, 6) is 0.0981. The molecule has 0 aliphatic rings. The second kappa shape index (κ2) is 6.45. The van der Waals surface area contributed by atoms with Gasteiger partial charge in [-0.3, -0.25) is 4.79 Å². The highest BCUT2D eigenvalue weighted by Crippen LogP contribution is 2.20. The summed E-state index contributed by atoms with van der Waals surface area (Å²) >= 11 is 8.06. The maximum Gasteiger partial charge on any atom is 0.255 e. The van der Waals surface area contributed by atoms with Crippen molar-refractivity contribution >= 4 is 40.1 Å². The number of benzene rings is 2. The smallest absolute Gasteiger partial charge is 0.255 e. The zero-order valence-electron chi connectivity index (χ0n) is 10.8. The third-order valence-electron chi connectivity index (χ3n) is 2.84. The maximum atomic E-state index is 12.4. The van der Waals surface area contributed by atoms with Gasteiger partial charge in [0.15, 0.2) is 0 Å². The molecule has 0 radical (unpaired) electrons. The highest BCUT2D eigenvalue weighted by Gasteiger charge is 2.15. The summed E-state index contributed by atoms with van der Waals surface area (Å²) in [5, 5.41) is 9.98. The molecular formula is C15H13ClINO2. The summed E-state index contributed by atoms with van der Waals surface area (Å²) < 4.78 is 0.861. The van der Waals surface area contributed by atoms with Gasteiger partial charge in [-0.25, -0.2) is 0 Å². The zero-order chi connectivity index (χ0) is 14.7.